The normalized spacial score (nSPS) is 16.7. The van der Waals surface area contributed by atoms with Crippen molar-refractivity contribution in [2.75, 3.05) is 13.1 Å². The number of rotatable bonds is 4. The third-order valence-corrected chi connectivity index (χ3v) is 6.20. The summed E-state index contributed by atoms with van der Waals surface area (Å²) in [6.07, 6.45) is 1.91. The Bertz CT molecular complexity index is 929. The number of aryl methyl sites for hydroxylation is 1. The fourth-order valence-corrected chi connectivity index (χ4v) is 4.86. The number of thiophene rings is 1. The lowest BCUT2D eigenvalue weighted by molar-refractivity contribution is 0.167. The van der Waals surface area contributed by atoms with E-state index in [-0.39, 0.29) is 12.1 Å². The molecule has 0 bridgehead atoms. The number of benzene rings is 1. The minimum absolute atomic E-state index is 0.0378. The second kappa shape index (κ2) is 7.11. The van der Waals surface area contributed by atoms with Crippen LogP contribution in [0.3, 0.4) is 0 Å². The SMILES string of the molecule is CCC1c2ccsc2CCN1C(=O)NCCn1c(C)nc2ccccc21. The van der Waals surface area contributed by atoms with E-state index in [0.717, 1.165) is 42.8 Å². The Kier molecular flexibility index (Phi) is 4.68. The first-order chi connectivity index (χ1) is 12.7. The van der Waals surface area contributed by atoms with Crippen molar-refractivity contribution in [3.05, 3.63) is 52.0 Å². The van der Waals surface area contributed by atoms with Crippen LogP contribution in [0.15, 0.2) is 35.7 Å². The Labute approximate surface area is 157 Å². The number of amides is 2. The third kappa shape index (κ3) is 2.98. The number of hydrogen-bond acceptors (Lipinski definition) is 3. The number of fused-ring (bicyclic) bond motifs is 2. The lowest BCUT2D eigenvalue weighted by Crippen LogP contribution is -2.45. The van der Waals surface area contributed by atoms with Gasteiger partial charge in [0.05, 0.1) is 17.1 Å². The highest BCUT2D eigenvalue weighted by atomic mass is 32.1. The minimum Gasteiger partial charge on any atom is -0.336 e. The summed E-state index contributed by atoms with van der Waals surface area (Å²) < 4.78 is 2.17. The number of carbonyl (C=O) groups excluding carboxylic acids is 1. The molecule has 3 heterocycles. The average molecular weight is 369 g/mol. The number of imidazole rings is 1. The van der Waals surface area contributed by atoms with E-state index in [9.17, 15) is 4.79 Å². The summed E-state index contributed by atoms with van der Waals surface area (Å²) in [6.45, 7) is 6.29. The minimum atomic E-state index is 0.0378. The molecule has 6 heteroatoms. The second-order valence-corrected chi connectivity index (χ2v) is 7.70. The van der Waals surface area contributed by atoms with Crippen LogP contribution < -0.4 is 5.32 Å². The van der Waals surface area contributed by atoms with Gasteiger partial charge in [-0.1, -0.05) is 19.1 Å². The van der Waals surface area contributed by atoms with Crippen LogP contribution in [0.2, 0.25) is 0 Å². The zero-order valence-electron chi connectivity index (χ0n) is 15.2. The van der Waals surface area contributed by atoms with E-state index in [4.69, 9.17) is 0 Å². The number of carbonyl (C=O) groups is 1. The Morgan fingerprint density at radius 1 is 1.35 bits per heavy atom. The van der Waals surface area contributed by atoms with Crippen molar-refractivity contribution in [3.63, 3.8) is 0 Å². The van der Waals surface area contributed by atoms with Gasteiger partial charge in [0.15, 0.2) is 0 Å². The molecule has 0 spiro atoms. The fourth-order valence-electron chi connectivity index (χ4n) is 3.93. The topological polar surface area (TPSA) is 50.2 Å². The maximum absolute atomic E-state index is 12.8. The number of hydrogen-bond donors (Lipinski definition) is 1. The number of nitrogens with zero attached hydrogens (tertiary/aromatic N) is 3. The van der Waals surface area contributed by atoms with Gasteiger partial charge in [0.2, 0.25) is 0 Å². The zero-order valence-corrected chi connectivity index (χ0v) is 16.1. The van der Waals surface area contributed by atoms with Crippen LogP contribution in [0, 0.1) is 6.92 Å². The Balaban J connectivity index is 1.42. The molecular weight excluding hydrogens is 344 g/mol. The summed E-state index contributed by atoms with van der Waals surface area (Å²) in [5, 5.41) is 5.25. The zero-order chi connectivity index (χ0) is 18.1. The second-order valence-electron chi connectivity index (χ2n) is 6.70. The highest BCUT2D eigenvalue weighted by Gasteiger charge is 2.30. The lowest BCUT2D eigenvalue weighted by Gasteiger charge is -2.35. The first-order valence-corrected chi connectivity index (χ1v) is 10.1. The molecule has 1 aromatic carbocycles. The van der Waals surface area contributed by atoms with Crippen LogP contribution in [-0.2, 0) is 13.0 Å². The van der Waals surface area contributed by atoms with Crippen LogP contribution in [0.1, 0.15) is 35.7 Å². The van der Waals surface area contributed by atoms with E-state index in [1.54, 1.807) is 0 Å². The van der Waals surface area contributed by atoms with Crippen LogP contribution in [0.4, 0.5) is 4.79 Å². The largest absolute Gasteiger partial charge is 0.336 e. The van der Waals surface area contributed by atoms with Crippen LogP contribution >= 0.6 is 11.3 Å². The molecule has 0 saturated heterocycles. The number of nitrogens with one attached hydrogen (secondary N) is 1. The number of urea groups is 1. The molecule has 2 aromatic heterocycles. The maximum atomic E-state index is 12.8. The smallest absolute Gasteiger partial charge is 0.317 e. The van der Waals surface area contributed by atoms with Gasteiger partial charge in [-0.2, -0.15) is 0 Å². The standard InChI is InChI=1S/C20H24N4OS/c1-3-17-15-9-13-26-19(15)8-11-24(17)20(25)21-10-12-23-14(2)22-16-6-4-5-7-18(16)23/h4-7,9,13,17H,3,8,10-12H2,1-2H3,(H,21,25). The molecule has 4 rings (SSSR count). The Hall–Kier alpha value is -2.34. The molecule has 2 amide bonds. The number of para-hydroxylation sites is 2. The molecule has 26 heavy (non-hydrogen) atoms. The lowest BCUT2D eigenvalue weighted by atomic mass is 9.98. The first kappa shape index (κ1) is 17.1. The van der Waals surface area contributed by atoms with Crippen LogP contribution in [0.5, 0.6) is 0 Å². The molecule has 0 saturated carbocycles. The molecule has 0 aliphatic carbocycles. The van der Waals surface area contributed by atoms with Crippen molar-refractivity contribution in [2.24, 2.45) is 0 Å². The van der Waals surface area contributed by atoms with Crippen molar-refractivity contribution in [1.29, 1.82) is 0 Å². The molecule has 1 aliphatic heterocycles. The van der Waals surface area contributed by atoms with Gasteiger partial charge in [0.1, 0.15) is 5.82 Å². The summed E-state index contributed by atoms with van der Waals surface area (Å²) in [5.41, 5.74) is 3.45. The maximum Gasteiger partial charge on any atom is 0.317 e. The van der Waals surface area contributed by atoms with Gasteiger partial charge in [-0.05, 0) is 48.9 Å². The molecule has 1 unspecified atom stereocenters. The molecule has 0 fully saturated rings. The quantitative estimate of drug-likeness (QED) is 0.753. The monoisotopic (exact) mass is 368 g/mol. The molecular formula is C20H24N4OS. The van der Waals surface area contributed by atoms with Gasteiger partial charge in [0, 0.05) is 24.5 Å². The first-order valence-electron chi connectivity index (χ1n) is 9.21. The third-order valence-electron chi connectivity index (χ3n) is 5.20. The summed E-state index contributed by atoms with van der Waals surface area (Å²) in [7, 11) is 0. The van der Waals surface area contributed by atoms with E-state index in [1.165, 1.54) is 10.4 Å². The highest BCUT2D eigenvalue weighted by molar-refractivity contribution is 7.10. The van der Waals surface area contributed by atoms with Crippen molar-refractivity contribution < 1.29 is 4.79 Å². The number of aromatic nitrogens is 2. The van der Waals surface area contributed by atoms with E-state index in [0.29, 0.717) is 6.54 Å². The summed E-state index contributed by atoms with van der Waals surface area (Å²) in [5.74, 6) is 0.979. The Morgan fingerprint density at radius 2 is 2.19 bits per heavy atom. The predicted molar refractivity (Wildman–Crippen MR) is 106 cm³/mol. The summed E-state index contributed by atoms with van der Waals surface area (Å²) in [4.78, 5) is 20.8. The van der Waals surface area contributed by atoms with Gasteiger partial charge < -0.3 is 14.8 Å². The molecule has 3 aromatic rings. The van der Waals surface area contributed by atoms with E-state index >= 15 is 0 Å². The van der Waals surface area contributed by atoms with Gasteiger partial charge in [0.25, 0.3) is 0 Å². The van der Waals surface area contributed by atoms with Crippen molar-refractivity contribution in [1.82, 2.24) is 19.8 Å². The predicted octanol–water partition coefficient (Wildman–Crippen LogP) is 4.13. The molecule has 5 nitrogen and oxygen atoms in total. The van der Waals surface area contributed by atoms with Crippen molar-refractivity contribution in [3.8, 4) is 0 Å². The van der Waals surface area contributed by atoms with Gasteiger partial charge in [-0.3, -0.25) is 0 Å². The van der Waals surface area contributed by atoms with Crippen LogP contribution in [0.25, 0.3) is 11.0 Å². The van der Waals surface area contributed by atoms with E-state index in [2.05, 4.69) is 39.3 Å². The molecule has 0 radical (unpaired) electrons. The van der Waals surface area contributed by atoms with Gasteiger partial charge in [-0.15, -0.1) is 11.3 Å². The van der Waals surface area contributed by atoms with E-state index in [1.807, 2.05) is 41.4 Å². The average Bonchev–Trinajstić information content (AvgIpc) is 3.25. The summed E-state index contributed by atoms with van der Waals surface area (Å²) in [6, 6.07) is 10.5. The van der Waals surface area contributed by atoms with Crippen molar-refractivity contribution in [2.45, 2.75) is 39.3 Å². The molecule has 1 N–H and O–H groups in total. The Morgan fingerprint density at radius 3 is 3.04 bits per heavy atom. The van der Waals surface area contributed by atoms with Crippen LogP contribution in [-0.4, -0.2) is 33.6 Å². The van der Waals surface area contributed by atoms with Gasteiger partial charge >= 0.3 is 6.03 Å². The molecule has 136 valence electrons. The fraction of sp³-hybridized carbons (Fsp3) is 0.400. The molecule has 1 atom stereocenters. The van der Waals surface area contributed by atoms with E-state index < -0.39 is 0 Å². The molecule has 1 aliphatic rings. The van der Waals surface area contributed by atoms with Crippen molar-refractivity contribution >= 4 is 28.4 Å². The highest BCUT2D eigenvalue weighted by Crippen LogP contribution is 2.35. The summed E-state index contributed by atoms with van der Waals surface area (Å²) >= 11 is 1.81. The van der Waals surface area contributed by atoms with Gasteiger partial charge in [-0.25, -0.2) is 9.78 Å².